The Kier molecular flexibility index (Phi) is 5.78. The number of pyridine rings is 1. The molecule has 0 aliphatic carbocycles. The average molecular weight is 386 g/mol. The van der Waals surface area contributed by atoms with Crippen molar-refractivity contribution in [2.24, 2.45) is 0 Å². The molecule has 7 heteroatoms. The molecule has 6 nitrogen and oxygen atoms in total. The highest BCUT2D eigenvalue weighted by atomic mass is 32.2. The quantitative estimate of drug-likeness (QED) is 0.799. The Morgan fingerprint density at radius 1 is 1.19 bits per heavy atom. The van der Waals surface area contributed by atoms with E-state index in [9.17, 15) is 4.79 Å². The van der Waals surface area contributed by atoms with Gasteiger partial charge in [-0.2, -0.15) is 0 Å². The molecule has 0 saturated carbocycles. The van der Waals surface area contributed by atoms with Crippen LogP contribution in [-0.4, -0.2) is 52.3 Å². The van der Waals surface area contributed by atoms with Gasteiger partial charge in [0.1, 0.15) is 0 Å². The van der Waals surface area contributed by atoms with Crippen molar-refractivity contribution >= 4 is 17.7 Å². The van der Waals surface area contributed by atoms with Gasteiger partial charge in [0.05, 0.1) is 10.7 Å². The van der Waals surface area contributed by atoms with Gasteiger partial charge in [0.25, 0.3) is 5.56 Å². The highest BCUT2D eigenvalue weighted by Crippen LogP contribution is 2.28. The third kappa shape index (κ3) is 4.52. The second-order valence-electron chi connectivity index (χ2n) is 7.45. The number of nitrogens with one attached hydrogen (secondary N) is 1. The number of nitrogens with zero attached hydrogens (tertiary/aromatic N) is 4. The van der Waals surface area contributed by atoms with Crippen LogP contribution in [0.2, 0.25) is 0 Å². The van der Waals surface area contributed by atoms with Gasteiger partial charge in [-0.05, 0) is 56.7 Å². The van der Waals surface area contributed by atoms with E-state index in [1.807, 2.05) is 12.5 Å². The number of anilines is 1. The first-order valence-corrected chi connectivity index (χ1v) is 11.0. The van der Waals surface area contributed by atoms with Gasteiger partial charge in [0.15, 0.2) is 0 Å². The maximum Gasteiger partial charge on any atom is 0.252 e. The van der Waals surface area contributed by atoms with Gasteiger partial charge in [-0.3, -0.25) is 14.7 Å². The van der Waals surface area contributed by atoms with Crippen LogP contribution < -0.4 is 10.5 Å². The van der Waals surface area contributed by atoms with Crippen molar-refractivity contribution in [2.75, 3.05) is 37.3 Å². The molecule has 27 heavy (non-hydrogen) atoms. The zero-order valence-electron chi connectivity index (χ0n) is 15.9. The number of H-pyrrole nitrogens is 1. The minimum atomic E-state index is -0.0238. The number of rotatable bonds is 5. The van der Waals surface area contributed by atoms with E-state index in [0.29, 0.717) is 5.92 Å². The molecule has 4 heterocycles. The lowest BCUT2D eigenvalue weighted by Gasteiger charge is -2.31. The van der Waals surface area contributed by atoms with Crippen molar-refractivity contribution in [3.63, 3.8) is 0 Å². The van der Waals surface area contributed by atoms with E-state index in [0.717, 1.165) is 62.2 Å². The zero-order valence-corrected chi connectivity index (χ0v) is 16.7. The lowest BCUT2D eigenvalue weighted by atomic mass is 9.93. The number of hydrogen-bond acceptors (Lipinski definition) is 6. The summed E-state index contributed by atoms with van der Waals surface area (Å²) in [6, 6.07) is 5.96. The smallest absolute Gasteiger partial charge is 0.252 e. The number of aromatic amines is 1. The van der Waals surface area contributed by atoms with Gasteiger partial charge in [-0.25, -0.2) is 9.97 Å². The van der Waals surface area contributed by atoms with Gasteiger partial charge in [-0.1, -0.05) is 6.07 Å². The van der Waals surface area contributed by atoms with Gasteiger partial charge >= 0.3 is 0 Å². The van der Waals surface area contributed by atoms with Crippen molar-refractivity contribution in [1.29, 1.82) is 0 Å². The van der Waals surface area contributed by atoms with Crippen molar-refractivity contribution in [3.05, 3.63) is 46.0 Å². The molecule has 0 radical (unpaired) electrons. The van der Waals surface area contributed by atoms with Crippen LogP contribution in [0.1, 0.15) is 42.9 Å². The molecule has 0 unspecified atom stereocenters. The number of piperidine rings is 1. The highest BCUT2D eigenvalue weighted by Gasteiger charge is 2.24. The van der Waals surface area contributed by atoms with Crippen LogP contribution in [-0.2, 0) is 6.54 Å². The molecule has 0 spiro atoms. The zero-order chi connectivity index (χ0) is 18.6. The first kappa shape index (κ1) is 18.5. The van der Waals surface area contributed by atoms with Crippen molar-refractivity contribution in [3.8, 4) is 0 Å². The largest absolute Gasteiger partial charge is 0.342 e. The number of likely N-dealkylation sites (tertiary alicyclic amines) is 1. The Labute approximate surface area is 164 Å². The van der Waals surface area contributed by atoms with Crippen LogP contribution in [0.15, 0.2) is 34.2 Å². The van der Waals surface area contributed by atoms with E-state index in [2.05, 4.69) is 31.9 Å². The SMILES string of the molecule is CSc1ccc(CN2CCC(c3cc(=O)[nH]c(N4CCCC4)n3)CC2)cn1. The minimum absolute atomic E-state index is 0.0238. The Hall–Kier alpha value is -1.86. The standard InChI is InChI=1S/C20H27N5OS/c1-27-19-5-4-15(13-21-19)14-24-10-6-16(7-11-24)17-12-18(26)23-20(22-17)25-8-2-3-9-25/h4-5,12-13,16H,2-3,6-11,14H2,1H3,(H,22,23,26). The number of hydrogen-bond donors (Lipinski definition) is 1. The maximum absolute atomic E-state index is 12.1. The molecule has 4 rings (SSSR count). The van der Waals surface area contributed by atoms with Crippen LogP contribution in [0, 0.1) is 0 Å². The highest BCUT2D eigenvalue weighted by molar-refractivity contribution is 7.98. The lowest BCUT2D eigenvalue weighted by molar-refractivity contribution is 0.203. The van der Waals surface area contributed by atoms with E-state index < -0.39 is 0 Å². The summed E-state index contributed by atoms with van der Waals surface area (Å²) in [5.41, 5.74) is 2.20. The molecular weight excluding hydrogens is 358 g/mol. The third-order valence-electron chi connectivity index (χ3n) is 5.57. The topological polar surface area (TPSA) is 65.1 Å². The number of thioether (sulfide) groups is 1. The molecule has 2 fully saturated rings. The fourth-order valence-corrected chi connectivity index (χ4v) is 4.38. The van der Waals surface area contributed by atoms with Crippen molar-refractivity contribution < 1.29 is 0 Å². The summed E-state index contributed by atoms with van der Waals surface area (Å²) >= 11 is 1.67. The normalized spacial score (nSPS) is 18.9. The second-order valence-corrected chi connectivity index (χ2v) is 8.27. The van der Waals surface area contributed by atoms with E-state index in [-0.39, 0.29) is 5.56 Å². The Morgan fingerprint density at radius 3 is 2.63 bits per heavy atom. The molecule has 144 valence electrons. The summed E-state index contributed by atoms with van der Waals surface area (Å²) in [5, 5.41) is 1.06. The van der Waals surface area contributed by atoms with Crippen LogP contribution >= 0.6 is 11.8 Å². The minimum Gasteiger partial charge on any atom is -0.342 e. The fourth-order valence-electron chi connectivity index (χ4n) is 4.02. The van der Waals surface area contributed by atoms with Crippen molar-refractivity contribution in [2.45, 2.75) is 43.2 Å². The molecule has 2 aliphatic rings. The third-order valence-corrected chi connectivity index (χ3v) is 6.23. The summed E-state index contributed by atoms with van der Waals surface area (Å²) in [4.78, 5) is 29.0. The van der Waals surface area contributed by atoms with Crippen LogP contribution in [0.3, 0.4) is 0 Å². The van der Waals surface area contributed by atoms with Gasteiger partial charge in [0.2, 0.25) is 5.95 Å². The Morgan fingerprint density at radius 2 is 1.96 bits per heavy atom. The molecule has 0 amide bonds. The summed E-state index contributed by atoms with van der Waals surface area (Å²) < 4.78 is 0. The van der Waals surface area contributed by atoms with Crippen LogP contribution in [0.4, 0.5) is 5.95 Å². The summed E-state index contributed by atoms with van der Waals surface area (Å²) in [7, 11) is 0. The molecule has 2 saturated heterocycles. The van der Waals surface area contributed by atoms with Crippen LogP contribution in [0.25, 0.3) is 0 Å². The van der Waals surface area contributed by atoms with E-state index >= 15 is 0 Å². The van der Waals surface area contributed by atoms with E-state index in [4.69, 9.17) is 4.98 Å². The van der Waals surface area contributed by atoms with Gasteiger partial charge < -0.3 is 4.90 Å². The summed E-state index contributed by atoms with van der Waals surface area (Å²) in [5.74, 6) is 1.14. The fraction of sp³-hybridized carbons (Fsp3) is 0.550. The summed E-state index contributed by atoms with van der Waals surface area (Å²) in [6.07, 6.45) is 8.49. The molecule has 2 aromatic rings. The molecule has 1 N–H and O–H groups in total. The van der Waals surface area contributed by atoms with Crippen molar-refractivity contribution in [1.82, 2.24) is 19.9 Å². The average Bonchev–Trinajstić information content (AvgIpc) is 3.24. The molecule has 2 aromatic heterocycles. The monoisotopic (exact) mass is 385 g/mol. The molecule has 2 aliphatic heterocycles. The molecule has 0 bridgehead atoms. The lowest BCUT2D eigenvalue weighted by Crippen LogP contribution is -2.33. The maximum atomic E-state index is 12.1. The van der Waals surface area contributed by atoms with E-state index in [1.165, 1.54) is 18.4 Å². The van der Waals surface area contributed by atoms with Gasteiger partial charge in [0, 0.05) is 37.8 Å². The molecular formula is C20H27N5OS. The summed E-state index contributed by atoms with van der Waals surface area (Å²) in [6.45, 7) is 4.99. The predicted octanol–water partition coefficient (Wildman–Crippen LogP) is 2.87. The van der Waals surface area contributed by atoms with E-state index in [1.54, 1.807) is 17.8 Å². The Balaban J connectivity index is 1.38. The Bertz CT molecular complexity index is 808. The number of aromatic nitrogens is 3. The first-order valence-electron chi connectivity index (χ1n) is 9.79. The second kappa shape index (κ2) is 8.44. The molecule has 0 atom stereocenters. The molecule has 0 aromatic carbocycles. The van der Waals surface area contributed by atoms with Gasteiger partial charge in [-0.15, -0.1) is 11.8 Å². The predicted molar refractivity (Wildman–Crippen MR) is 110 cm³/mol. The first-order chi connectivity index (χ1) is 13.2. The van der Waals surface area contributed by atoms with Crippen LogP contribution in [0.5, 0.6) is 0 Å².